The fourth-order valence-electron chi connectivity index (χ4n) is 6.43. The minimum absolute atomic E-state index is 0.0528. The van der Waals surface area contributed by atoms with Crippen LogP contribution in [0.1, 0.15) is 67.4 Å². The molecule has 10 nitrogen and oxygen atoms in total. The number of aliphatic hydroxyl groups is 1. The van der Waals surface area contributed by atoms with Gasteiger partial charge in [-0.3, -0.25) is 9.59 Å². The molecular formula is C35H41N3O7. The summed E-state index contributed by atoms with van der Waals surface area (Å²) in [7, 11) is 1.45. The molecule has 3 aromatic rings. The number of hydrogen-bond donors (Lipinski definition) is 2. The third-order valence-electron chi connectivity index (χ3n) is 8.43. The zero-order valence-corrected chi connectivity index (χ0v) is 26.2. The van der Waals surface area contributed by atoms with Crippen molar-refractivity contribution in [2.24, 2.45) is 0 Å². The highest BCUT2D eigenvalue weighted by atomic mass is 16.6. The molecule has 238 valence electrons. The molecule has 3 amide bonds. The van der Waals surface area contributed by atoms with Gasteiger partial charge in [0.15, 0.2) is 17.7 Å². The first-order valence-electron chi connectivity index (χ1n) is 15.7. The largest absolute Gasteiger partial charge is 0.493 e. The van der Waals surface area contributed by atoms with E-state index in [1.807, 2.05) is 57.2 Å². The fourth-order valence-corrected chi connectivity index (χ4v) is 6.43. The van der Waals surface area contributed by atoms with E-state index < -0.39 is 18.4 Å². The second kappa shape index (κ2) is 14.0. The molecule has 45 heavy (non-hydrogen) atoms. The van der Waals surface area contributed by atoms with Crippen molar-refractivity contribution in [3.05, 3.63) is 77.4 Å². The van der Waals surface area contributed by atoms with Crippen LogP contribution in [0.25, 0.3) is 11.1 Å². The number of amides is 3. The summed E-state index contributed by atoms with van der Waals surface area (Å²) in [5.74, 6) is -0.124. The monoisotopic (exact) mass is 615 g/mol. The lowest BCUT2D eigenvalue weighted by molar-refractivity contribution is -0.121. The highest BCUT2D eigenvalue weighted by Gasteiger charge is 2.45. The van der Waals surface area contributed by atoms with Crippen LogP contribution in [0.4, 0.5) is 10.5 Å². The molecule has 6 rings (SSSR count). The molecule has 3 aromatic carbocycles. The summed E-state index contributed by atoms with van der Waals surface area (Å²) in [6.45, 7) is 6.91. The number of nitrogens with one attached hydrogen (secondary N) is 1. The number of carbonyl (C=O) groups is 3. The van der Waals surface area contributed by atoms with Crippen molar-refractivity contribution in [1.29, 1.82) is 0 Å². The molecule has 0 radical (unpaired) electrons. The predicted molar refractivity (Wildman–Crippen MR) is 171 cm³/mol. The van der Waals surface area contributed by atoms with Gasteiger partial charge in [-0.15, -0.1) is 0 Å². The van der Waals surface area contributed by atoms with Gasteiger partial charge in [-0.1, -0.05) is 62.4 Å². The van der Waals surface area contributed by atoms with E-state index in [4.69, 9.17) is 14.2 Å². The standard InChI is InChI=1S/C33H35N3O7.C2H6/c1-3-34-30(37)14-16-42-29-18-27-24(17-28(29)41-2)31(38)35-15-8-13-26(35)32(39)36(27)33(40)43-19-25-22-11-6-4-9-20(22)21-10-5-7-12-23(21)25;1-2/h4-7,9-12,17-18,25-26,32,39H,3,8,13-16,19H2,1-2H3,(H,34,37);1-2H3/t26-,32-;/m0./s1. The first kappa shape index (κ1) is 31.8. The van der Waals surface area contributed by atoms with Crippen LogP contribution in [0.15, 0.2) is 60.7 Å². The van der Waals surface area contributed by atoms with Gasteiger partial charge in [-0.25, -0.2) is 9.69 Å². The van der Waals surface area contributed by atoms with Crippen LogP contribution in [-0.2, 0) is 9.53 Å². The van der Waals surface area contributed by atoms with Gasteiger partial charge in [-0.2, -0.15) is 0 Å². The van der Waals surface area contributed by atoms with E-state index in [2.05, 4.69) is 17.4 Å². The van der Waals surface area contributed by atoms with Crippen LogP contribution in [0.2, 0.25) is 0 Å². The van der Waals surface area contributed by atoms with Gasteiger partial charge in [0, 0.05) is 25.1 Å². The Morgan fingerprint density at radius 3 is 2.29 bits per heavy atom. The number of ether oxygens (including phenoxy) is 3. The van der Waals surface area contributed by atoms with E-state index in [1.54, 1.807) is 4.90 Å². The minimum atomic E-state index is -1.33. The summed E-state index contributed by atoms with van der Waals surface area (Å²) >= 11 is 0. The number of benzene rings is 3. The van der Waals surface area contributed by atoms with Crippen molar-refractivity contribution in [2.45, 2.75) is 58.2 Å². The Labute approximate surface area is 263 Å². The number of fused-ring (bicyclic) bond motifs is 5. The second-order valence-corrected chi connectivity index (χ2v) is 10.9. The number of nitrogens with zero attached hydrogens (tertiary/aromatic N) is 2. The third-order valence-corrected chi connectivity index (χ3v) is 8.43. The maximum atomic E-state index is 13.9. The quantitative estimate of drug-likeness (QED) is 0.352. The van der Waals surface area contributed by atoms with Crippen LogP contribution < -0.4 is 19.7 Å². The third kappa shape index (κ3) is 6.07. The molecule has 1 aliphatic carbocycles. The van der Waals surface area contributed by atoms with E-state index >= 15 is 0 Å². The highest BCUT2D eigenvalue weighted by Crippen LogP contribution is 2.45. The number of hydrogen-bond acceptors (Lipinski definition) is 7. The maximum Gasteiger partial charge on any atom is 0.416 e. The van der Waals surface area contributed by atoms with Crippen LogP contribution >= 0.6 is 0 Å². The SMILES string of the molecule is CC.CCNC(=O)CCOc1cc2c(cc1OC)C(=O)N1CCC[C@H]1[C@H](O)N2C(=O)OCC1c2ccccc2-c2ccccc21. The molecule has 2 heterocycles. The first-order valence-corrected chi connectivity index (χ1v) is 15.7. The van der Waals surface area contributed by atoms with E-state index in [-0.39, 0.29) is 60.1 Å². The summed E-state index contributed by atoms with van der Waals surface area (Å²) in [5.41, 5.74) is 4.71. The smallest absolute Gasteiger partial charge is 0.416 e. The van der Waals surface area contributed by atoms with Crippen molar-refractivity contribution in [3.8, 4) is 22.6 Å². The Hall–Kier alpha value is -4.57. The molecule has 0 bridgehead atoms. The first-order chi connectivity index (χ1) is 21.9. The molecule has 1 saturated heterocycles. The van der Waals surface area contributed by atoms with Crippen molar-refractivity contribution in [1.82, 2.24) is 10.2 Å². The lowest BCUT2D eigenvalue weighted by atomic mass is 9.98. The molecule has 2 N–H and O–H groups in total. The van der Waals surface area contributed by atoms with Gasteiger partial charge in [0.1, 0.15) is 6.61 Å². The zero-order chi connectivity index (χ0) is 32.1. The van der Waals surface area contributed by atoms with Gasteiger partial charge in [0.2, 0.25) is 5.91 Å². The Bertz CT molecular complexity index is 1510. The second-order valence-electron chi connectivity index (χ2n) is 10.9. The number of rotatable bonds is 8. The van der Waals surface area contributed by atoms with Crippen molar-refractivity contribution in [2.75, 3.05) is 38.3 Å². The zero-order valence-electron chi connectivity index (χ0n) is 26.2. The van der Waals surface area contributed by atoms with Gasteiger partial charge < -0.3 is 29.5 Å². The topological polar surface area (TPSA) is 118 Å². The fraction of sp³-hybridized carbons (Fsp3) is 0.400. The van der Waals surface area contributed by atoms with Gasteiger partial charge in [0.05, 0.1) is 37.4 Å². The van der Waals surface area contributed by atoms with Crippen LogP contribution in [0.3, 0.4) is 0 Å². The van der Waals surface area contributed by atoms with E-state index in [0.717, 1.165) is 27.2 Å². The van der Waals surface area contributed by atoms with Gasteiger partial charge in [0.25, 0.3) is 5.91 Å². The summed E-state index contributed by atoms with van der Waals surface area (Å²) in [5, 5.41) is 14.3. The van der Waals surface area contributed by atoms with Crippen LogP contribution in [0.5, 0.6) is 11.5 Å². The molecule has 2 atom stereocenters. The molecule has 3 aliphatic rings. The predicted octanol–water partition coefficient (Wildman–Crippen LogP) is 5.32. The van der Waals surface area contributed by atoms with E-state index in [9.17, 15) is 19.5 Å². The Kier molecular flexibility index (Phi) is 9.93. The maximum absolute atomic E-state index is 13.9. The lowest BCUT2D eigenvalue weighted by Crippen LogP contribution is -2.51. The number of methoxy groups -OCH3 is 1. The highest BCUT2D eigenvalue weighted by molar-refractivity contribution is 6.06. The number of carbonyl (C=O) groups excluding carboxylic acids is 3. The van der Waals surface area contributed by atoms with Crippen molar-refractivity contribution in [3.63, 3.8) is 0 Å². The van der Waals surface area contributed by atoms with Crippen LogP contribution in [-0.4, -0.2) is 73.6 Å². The van der Waals surface area contributed by atoms with Gasteiger partial charge in [-0.05, 0) is 48.1 Å². The van der Waals surface area contributed by atoms with E-state index in [1.165, 1.54) is 19.2 Å². The molecular weight excluding hydrogens is 574 g/mol. The molecule has 10 heteroatoms. The van der Waals surface area contributed by atoms with Crippen molar-refractivity contribution < 1.29 is 33.7 Å². The van der Waals surface area contributed by atoms with Gasteiger partial charge >= 0.3 is 6.09 Å². The summed E-state index contributed by atoms with van der Waals surface area (Å²) in [6.07, 6.45) is -0.738. The summed E-state index contributed by atoms with van der Waals surface area (Å²) in [4.78, 5) is 42.4. The molecule has 1 fully saturated rings. The number of anilines is 1. The van der Waals surface area contributed by atoms with Crippen molar-refractivity contribution >= 4 is 23.6 Å². The molecule has 0 spiro atoms. The lowest BCUT2D eigenvalue weighted by Gasteiger charge is -2.32. The number of aliphatic hydroxyl groups excluding tert-OH is 1. The van der Waals surface area contributed by atoms with E-state index in [0.29, 0.717) is 25.9 Å². The minimum Gasteiger partial charge on any atom is -0.493 e. The average Bonchev–Trinajstić information content (AvgIpc) is 3.66. The normalized spacial score (nSPS) is 18.0. The molecule has 2 aliphatic heterocycles. The average molecular weight is 616 g/mol. The summed E-state index contributed by atoms with van der Waals surface area (Å²) < 4.78 is 17.4. The Morgan fingerprint density at radius 1 is 0.978 bits per heavy atom. The van der Waals surface area contributed by atoms with Crippen LogP contribution in [0, 0.1) is 0 Å². The molecule has 0 aromatic heterocycles. The summed E-state index contributed by atoms with van der Waals surface area (Å²) in [6, 6.07) is 18.6. The molecule has 0 unspecified atom stereocenters. The molecule has 0 saturated carbocycles. The Morgan fingerprint density at radius 2 is 1.64 bits per heavy atom. The Balaban J connectivity index is 0.00000196.